The van der Waals surface area contributed by atoms with Gasteiger partial charge in [0.25, 0.3) is 0 Å². The van der Waals surface area contributed by atoms with Gasteiger partial charge in [-0.25, -0.2) is 0 Å². The van der Waals surface area contributed by atoms with Crippen molar-refractivity contribution < 1.29 is 0 Å². The van der Waals surface area contributed by atoms with E-state index in [2.05, 4.69) is 109 Å². The van der Waals surface area contributed by atoms with Gasteiger partial charge in [-0.3, -0.25) is 0 Å². The highest BCUT2D eigenvalue weighted by molar-refractivity contribution is 5.97. The molecule has 4 aliphatic carbocycles. The third-order valence-electron chi connectivity index (χ3n) is 9.10. The van der Waals surface area contributed by atoms with Crippen molar-refractivity contribution in [2.75, 3.05) is 0 Å². The van der Waals surface area contributed by atoms with Crippen molar-refractivity contribution in [1.29, 1.82) is 0 Å². The van der Waals surface area contributed by atoms with E-state index in [1.165, 1.54) is 84.1 Å². The van der Waals surface area contributed by atoms with E-state index >= 15 is 0 Å². The van der Waals surface area contributed by atoms with Gasteiger partial charge < -0.3 is 0 Å². The second-order valence-electron chi connectivity index (χ2n) is 10.8. The number of rotatable bonds is 1. The molecule has 2 unspecified atom stereocenters. The monoisotopic (exact) mass is 456 g/mol. The maximum Gasteiger partial charge on any atom is 0.00990 e. The van der Waals surface area contributed by atoms with Crippen molar-refractivity contribution >= 4 is 29.0 Å². The van der Waals surface area contributed by atoms with Crippen LogP contribution in [0.25, 0.3) is 51.3 Å². The first-order chi connectivity index (χ1) is 17.8. The molecule has 2 atom stereocenters. The molecule has 168 valence electrons. The van der Waals surface area contributed by atoms with Crippen LogP contribution in [0.15, 0.2) is 91.0 Å². The lowest BCUT2D eigenvalue weighted by Crippen LogP contribution is -2.25. The third-order valence-corrected chi connectivity index (χ3v) is 9.10. The first-order valence-corrected chi connectivity index (χ1v) is 13.2. The minimum atomic E-state index is 0.440. The highest BCUT2D eigenvalue weighted by atomic mass is 14.4. The molecular formula is C36H24. The van der Waals surface area contributed by atoms with Gasteiger partial charge in [0.2, 0.25) is 0 Å². The number of allylic oxidation sites excluding steroid dienone is 1. The summed E-state index contributed by atoms with van der Waals surface area (Å²) in [6.07, 6.45) is 12.1. The van der Waals surface area contributed by atoms with Gasteiger partial charge in [0.05, 0.1) is 0 Å². The van der Waals surface area contributed by atoms with Crippen LogP contribution in [0, 0.1) is 0 Å². The zero-order valence-corrected chi connectivity index (χ0v) is 20.0. The minimum absolute atomic E-state index is 0.440. The Morgan fingerprint density at radius 2 is 1.36 bits per heavy atom. The van der Waals surface area contributed by atoms with Crippen molar-refractivity contribution in [3.8, 4) is 22.3 Å². The largest absolute Gasteiger partial charge is 0.0764 e. The number of hydrogen-bond donors (Lipinski definition) is 0. The number of fused-ring (bicyclic) bond motifs is 7. The van der Waals surface area contributed by atoms with Crippen LogP contribution in [-0.2, 0) is 0 Å². The van der Waals surface area contributed by atoms with Crippen LogP contribution in [-0.4, -0.2) is 0 Å². The Labute approximate surface area is 210 Å². The molecule has 36 heavy (non-hydrogen) atoms. The second-order valence-corrected chi connectivity index (χ2v) is 10.8. The second kappa shape index (κ2) is 6.74. The molecule has 0 N–H and O–H groups in total. The van der Waals surface area contributed by atoms with Gasteiger partial charge in [0, 0.05) is 11.8 Å². The van der Waals surface area contributed by atoms with Crippen LogP contribution in [0.2, 0.25) is 0 Å². The van der Waals surface area contributed by atoms with Crippen molar-refractivity contribution in [3.63, 3.8) is 0 Å². The van der Waals surface area contributed by atoms with E-state index in [0.717, 1.165) is 0 Å². The molecule has 0 fully saturated rings. The van der Waals surface area contributed by atoms with E-state index in [1.807, 2.05) is 0 Å². The van der Waals surface area contributed by atoms with Crippen LogP contribution in [0.3, 0.4) is 0 Å². The predicted molar refractivity (Wildman–Crippen MR) is 150 cm³/mol. The van der Waals surface area contributed by atoms with Gasteiger partial charge in [-0.05, 0) is 102 Å². The number of benzene rings is 5. The summed E-state index contributed by atoms with van der Waals surface area (Å²) in [4.78, 5) is 0. The van der Waals surface area contributed by atoms with Gasteiger partial charge in [0.15, 0.2) is 0 Å². The fourth-order valence-corrected chi connectivity index (χ4v) is 7.54. The van der Waals surface area contributed by atoms with Gasteiger partial charge in [-0.1, -0.05) is 97.1 Å². The first kappa shape index (κ1) is 19.1. The van der Waals surface area contributed by atoms with Crippen molar-refractivity contribution in [1.82, 2.24) is 0 Å². The Morgan fingerprint density at radius 3 is 2.33 bits per heavy atom. The molecule has 0 heterocycles. The van der Waals surface area contributed by atoms with Gasteiger partial charge in [-0.15, -0.1) is 0 Å². The quantitative estimate of drug-likeness (QED) is 0.240. The Morgan fingerprint density at radius 1 is 0.556 bits per heavy atom. The molecule has 0 saturated carbocycles. The lowest BCUT2D eigenvalue weighted by Gasteiger charge is -2.34. The minimum Gasteiger partial charge on any atom is -0.0764 e. The van der Waals surface area contributed by atoms with Gasteiger partial charge in [0.1, 0.15) is 0 Å². The van der Waals surface area contributed by atoms with E-state index in [4.69, 9.17) is 0 Å². The highest BCUT2D eigenvalue weighted by Crippen LogP contribution is 2.50. The molecule has 0 bridgehead atoms. The van der Waals surface area contributed by atoms with E-state index < -0.39 is 0 Å². The molecule has 9 rings (SSSR count). The molecular weight excluding hydrogens is 432 g/mol. The maximum atomic E-state index is 2.49. The summed E-state index contributed by atoms with van der Waals surface area (Å²) in [6, 6.07) is 32.0. The van der Waals surface area contributed by atoms with Crippen LogP contribution < -0.4 is 10.4 Å². The molecule has 0 nitrogen and oxygen atoms in total. The van der Waals surface area contributed by atoms with Gasteiger partial charge >= 0.3 is 0 Å². The summed E-state index contributed by atoms with van der Waals surface area (Å²) in [5.74, 6) is 0.985. The molecule has 0 aromatic heterocycles. The standard InChI is InChI=1S/C36H24/c1-2-8-25-24(5-1)19-32-28(25)17-18-30-27-10-4-9-26(33(27)20-34(30)32)29-15-13-23-12-11-21-6-3-7-22-14-16-31(29)36(23)35(21)22/h1-12,14,16-20,23,29H,13,15H2. The third kappa shape index (κ3) is 2.35. The van der Waals surface area contributed by atoms with Crippen molar-refractivity contribution in [2.24, 2.45) is 0 Å². The Kier molecular flexibility index (Phi) is 3.57. The Balaban J connectivity index is 1.27. The molecule has 4 aliphatic rings. The Bertz CT molecular complexity index is 1950. The molecule has 0 amide bonds. The lowest BCUT2D eigenvalue weighted by molar-refractivity contribution is 0.578. The van der Waals surface area contributed by atoms with Gasteiger partial charge in [-0.2, -0.15) is 0 Å². The van der Waals surface area contributed by atoms with Crippen molar-refractivity contribution in [2.45, 2.75) is 24.7 Å². The van der Waals surface area contributed by atoms with E-state index in [1.54, 1.807) is 5.56 Å². The zero-order valence-electron chi connectivity index (χ0n) is 20.0. The van der Waals surface area contributed by atoms with Crippen molar-refractivity contribution in [3.05, 3.63) is 135 Å². The first-order valence-electron chi connectivity index (χ1n) is 13.2. The zero-order chi connectivity index (χ0) is 23.4. The Hall–Kier alpha value is -4.16. The van der Waals surface area contributed by atoms with Crippen LogP contribution in [0.5, 0.6) is 0 Å². The summed E-state index contributed by atoms with van der Waals surface area (Å²) in [6.45, 7) is 0. The van der Waals surface area contributed by atoms with E-state index in [9.17, 15) is 0 Å². The highest BCUT2D eigenvalue weighted by Gasteiger charge is 2.32. The molecule has 5 aromatic rings. The molecule has 0 heteroatoms. The molecule has 0 saturated heterocycles. The average Bonchev–Trinajstić information content (AvgIpc) is 3.50. The fourth-order valence-electron chi connectivity index (χ4n) is 7.54. The molecule has 0 aliphatic heterocycles. The van der Waals surface area contributed by atoms with E-state index in [-0.39, 0.29) is 0 Å². The lowest BCUT2D eigenvalue weighted by atomic mass is 9.69. The SMILES string of the molecule is C1=CC2CCC(c3cccc4c3C=c3c-4ccc4c3=Cc3ccccc3-4)c3ccc4cccc1c4c32. The summed E-state index contributed by atoms with van der Waals surface area (Å²) in [5, 5.41) is 5.64. The summed E-state index contributed by atoms with van der Waals surface area (Å²) >= 11 is 0. The number of hydrogen-bond acceptors (Lipinski definition) is 0. The topological polar surface area (TPSA) is 0 Å². The van der Waals surface area contributed by atoms with Crippen LogP contribution in [0.4, 0.5) is 0 Å². The summed E-state index contributed by atoms with van der Waals surface area (Å²) in [7, 11) is 0. The van der Waals surface area contributed by atoms with E-state index in [0.29, 0.717) is 11.8 Å². The van der Waals surface area contributed by atoms with Crippen LogP contribution in [0.1, 0.15) is 58.1 Å². The molecule has 0 radical (unpaired) electrons. The fraction of sp³-hybridized carbons (Fsp3) is 0.111. The van der Waals surface area contributed by atoms with Crippen LogP contribution >= 0.6 is 0 Å². The summed E-state index contributed by atoms with van der Waals surface area (Å²) < 4.78 is 0. The smallest absolute Gasteiger partial charge is 0.00990 e. The normalized spacial score (nSPS) is 19.2. The maximum absolute atomic E-state index is 2.49. The molecule has 5 aromatic carbocycles. The molecule has 0 spiro atoms. The predicted octanol–water partition coefficient (Wildman–Crippen LogP) is 7.49. The average molecular weight is 457 g/mol. The summed E-state index contributed by atoms with van der Waals surface area (Å²) in [5.41, 5.74) is 14.3.